The number of aliphatic hydroxyl groups excluding tert-OH is 1. The van der Waals surface area contributed by atoms with Crippen LogP contribution in [0.4, 0.5) is 5.69 Å². The molecule has 0 aliphatic heterocycles. The largest absolute Gasteiger partial charge is 0.491 e. The second-order valence-corrected chi connectivity index (χ2v) is 4.84. The smallest absolute Gasteiger partial charge is 0.227 e. The normalized spacial score (nSPS) is 10.2. The molecule has 2 aromatic rings. The molecular formula is C16H16ClNO3. The van der Waals surface area contributed by atoms with Crippen LogP contribution in [0.2, 0.25) is 5.02 Å². The van der Waals surface area contributed by atoms with E-state index in [1.54, 1.807) is 36.4 Å². The number of amides is 1. The zero-order valence-electron chi connectivity index (χ0n) is 11.4. The van der Waals surface area contributed by atoms with Gasteiger partial charge >= 0.3 is 0 Å². The molecule has 2 N–H and O–H groups in total. The summed E-state index contributed by atoms with van der Waals surface area (Å²) in [5, 5.41) is 12.2. The first kappa shape index (κ1) is 15.4. The van der Waals surface area contributed by atoms with Crippen LogP contribution in [-0.4, -0.2) is 17.6 Å². The summed E-state index contributed by atoms with van der Waals surface area (Å²) in [5.74, 6) is 0.429. The number of anilines is 1. The lowest BCUT2D eigenvalue weighted by atomic mass is 10.2. The van der Waals surface area contributed by atoms with Crippen molar-refractivity contribution in [1.82, 2.24) is 0 Å². The molecule has 21 heavy (non-hydrogen) atoms. The zero-order chi connectivity index (χ0) is 15.1. The Morgan fingerprint density at radius 1 is 1.14 bits per heavy atom. The maximum absolute atomic E-state index is 11.8. The van der Waals surface area contributed by atoms with Crippen LogP contribution >= 0.6 is 11.6 Å². The van der Waals surface area contributed by atoms with Gasteiger partial charge in [0, 0.05) is 5.69 Å². The minimum absolute atomic E-state index is 0.0140. The third kappa shape index (κ3) is 4.77. The van der Waals surface area contributed by atoms with Crippen LogP contribution in [0.3, 0.4) is 0 Å². The highest BCUT2D eigenvalue weighted by molar-refractivity contribution is 6.32. The number of nitrogens with one attached hydrogen (secondary N) is 1. The second kappa shape index (κ2) is 7.67. The number of carbonyl (C=O) groups excluding carboxylic acids is 1. The van der Waals surface area contributed by atoms with Crippen molar-refractivity contribution in [2.45, 2.75) is 13.0 Å². The average Bonchev–Trinajstić information content (AvgIpc) is 2.50. The summed E-state index contributed by atoms with van der Waals surface area (Å²) in [5.41, 5.74) is 1.49. The van der Waals surface area contributed by atoms with E-state index in [0.717, 1.165) is 5.56 Å². The number of hydrogen-bond donors (Lipinski definition) is 2. The summed E-state index contributed by atoms with van der Waals surface area (Å²) in [6.07, 6.45) is 0.229. The van der Waals surface area contributed by atoms with Crippen LogP contribution in [0.5, 0.6) is 5.75 Å². The monoisotopic (exact) mass is 305 g/mol. The van der Waals surface area contributed by atoms with E-state index in [0.29, 0.717) is 16.5 Å². The highest BCUT2D eigenvalue weighted by atomic mass is 35.5. The first-order valence-electron chi connectivity index (χ1n) is 6.56. The lowest BCUT2D eigenvalue weighted by molar-refractivity contribution is -0.116. The van der Waals surface area contributed by atoms with Gasteiger partial charge in [0.25, 0.3) is 0 Å². The SMILES string of the molecule is O=C(CCOc1ccccc1Cl)Nc1ccc(CO)cc1. The molecule has 0 bridgehead atoms. The predicted octanol–water partition coefficient (Wildman–Crippen LogP) is 3.24. The quantitative estimate of drug-likeness (QED) is 0.861. The molecule has 0 fully saturated rings. The average molecular weight is 306 g/mol. The molecule has 5 heteroatoms. The van der Waals surface area contributed by atoms with Gasteiger partial charge in [-0.2, -0.15) is 0 Å². The molecule has 0 aliphatic carbocycles. The lowest BCUT2D eigenvalue weighted by Crippen LogP contribution is -2.15. The van der Waals surface area contributed by atoms with Crippen LogP contribution in [-0.2, 0) is 11.4 Å². The van der Waals surface area contributed by atoms with Crippen LogP contribution in [0, 0.1) is 0 Å². The zero-order valence-corrected chi connectivity index (χ0v) is 12.1. The number of carbonyl (C=O) groups is 1. The number of rotatable bonds is 6. The van der Waals surface area contributed by atoms with Gasteiger partial charge < -0.3 is 15.2 Å². The van der Waals surface area contributed by atoms with Crippen molar-refractivity contribution < 1.29 is 14.6 Å². The minimum atomic E-state index is -0.140. The number of halogens is 1. The molecular weight excluding hydrogens is 290 g/mol. The fourth-order valence-corrected chi connectivity index (χ4v) is 1.92. The summed E-state index contributed by atoms with van der Waals surface area (Å²) in [6, 6.07) is 14.2. The van der Waals surface area contributed by atoms with Gasteiger partial charge in [0.05, 0.1) is 24.7 Å². The maximum atomic E-state index is 11.8. The molecule has 0 saturated carbocycles. The van der Waals surface area contributed by atoms with Crippen molar-refractivity contribution >= 4 is 23.2 Å². The van der Waals surface area contributed by atoms with E-state index >= 15 is 0 Å². The Kier molecular flexibility index (Phi) is 5.60. The Labute approximate surface area is 128 Å². The fourth-order valence-electron chi connectivity index (χ4n) is 1.73. The molecule has 0 aliphatic rings. The number of para-hydroxylation sites is 1. The predicted molar refractivity (Wildman–Crippen MR) is 82.6 cm³/mol. The summed E-state index contributed by atoms with van der Waals surface area (Å²) in [4.78, 5) is 11.8. The van der Waals surface area contributed by atoms with Crippen molar-refractivity contribution in [1.29, 1.82) is 0 Å². The molecule has 0 atom stereocenters. The molecule has 0 aromatic heterocycles. The van der Waals surface area contributed by atoms with E-state index in [1.807, 2.05) is 12.1 Å². The fraction of sp³-hybridized carbons (Fsp3) is 0.188. The minimum Gasteiger partial charge on any atom is -0.491 e. The maximum Gasteiger partial charge on any atom is 0.227 e. The topological polar surface area (TPSA) is 58.6 Å². The van der Waals surface area contributed by atoms with E-state index in [9.17, 15) is 4.79 Å². The third-order valence-corrected chi connectivity index (χ3v) is 3.16. The van der Waals surface area contributed by atoms with Gasteiger partial charge in [0.1, 0.15) is 5.75 Å². The standard InChI is InChI=1S/C16H16ClNO3/c17-14-3-1-2-4-15(14)21-10-9-16(20)18-13-7-5-12(11-19)6-8-13/h1-8,19H,9-11H2,(H,18,20). The number of benzene rings is 2. The number of hydrogen-bond acceptors (Lipinski definition) is 3. The molecule has 0 unspecified atom stereocenters. The molecule has 1 amide bonds. The first-order valence-corrected chi connectivity index (χ1v) is 6.94. The van der Waals surface area contributed by atoms with Gasteiger partial charge in [0.2, 0.25) is 5.91 Å². The van der Waals surface area contributed by atoms with Gasteiger partial charge in [-0.25, -0.2) is 0 Å². The van der Waals surface area contributed by atoms with Gasteiger partial charge in [-0.05, 0) is 29.8 Å². The molecule has 110 valence electrons. The second-order valence-electron chi connectivity index (χ2n) is 4.43. The van der Waals surface area contributed by atoms with Crippen molar-refractivity contribution in [3.8, 4) is 5.75 Å². The summed E-state index contributed by atoms with van der Waals surface area (Å²) >= 11 is 5.95. The Bertz CT molecular complexity index is 599. The van der Waals surface area contributed by atoms with Gasteiger partial charge in [-0.15, -0.1) is 0 Å². The van der Waals surface area contributed by atoms with E-state index in [4.69, 9.17) is 21.4 Å². The first-order chi connectivity index (χ1) is 10.2. The van der Waals surface area contributed by atoms with Crippen LogP contribution in [0.15, 0.2) is 48.5 Å². The molecule has 0 spiro atoms. The van der Waals surface area contributed by atoms with E-state index in [-0.39, 0.29) is 25.5 Å². The number of aliphatic hydroxyl groups is 1. The van der Waals surface area contributed by atoms with Crippen LogP contribution < -0.4 is 10.1 Å². The highest BCUT2D eigenvalue weighted by Gasteiger charge is 2.04. The lowest BCUT2D eigenvalue weighted by Gasteiger charge is -2.08. The van der Waals surface area contributed by atoms with Crippen LogP contribution in [0.1, 0.15) is 12.0 Å². The third-order valence-electron chi connectivity index (χ3n) is 2.84. The molecule has 0 heterocycles. The van der Waals surface area contributed by atoms with E-state index < -0.39 is 0 Å². The molecule has 2 aromatic carbocycles. The number of ether oxygens (including phenoxy) is 1. The molecule has 2 rings (SSSR count). The van der Waals surface area contributed by atoms with Gasteiger partial charge in [-0.3, -0.25) is 4.79 Å². The Morgan fingerprint density at radius 3 is 2.52 bits per heavy atom. The van der Waals surface area contributed by atoms with Crippen molar-refractivity contribution in [3.05, 3.63) is 59.1 Å². The van der Waals surface area contributed by atoms with Gasteiger partial charge in [0.15, 0.2) is 0 Å². The van der Waals surface area contributed by atoms with Crippen molar-refractivity contribution in [2.24, 2.45) is 0 Å². The van der Waals surface area contributed by atoms with E-state index in [1.165, 1.54) is 0 Å². The highest BCUT2D eigenvalue weighted by Crippen LogP contribution is 2.23. The van der Waals surface area contributed by atoms with Gasteiger partial charge in [-0.1, -0.05) is 35.9 Å². The summed E-state index contributed by atoms with van der Waals surface area (Å²) in [6.45, 7) is 0.240. The molecule has 0 saturated heterocycles. The van der Waals surface area contributed by atoms with Crippen LogP contribution in [0.25, 0.3) is 0 Å². The van der Waals surface area contributed by atoms with Crippen molar-refractivity contribution in [2.75, 3.05) is 11.9 Å². The molecule has 4 nitrogen and oxygen atoms in total. The molecule has 0 radical (unpaired) electrons. The Balaban J connectivity index is 1.78. The Hall–Kier alpha value is -2.04. The summed E-state index contributed by atoms with van der Waals surface area (Å²) in [7, 11) is 0. The van der Waals surface area contributed by atoms with E-state index in [2.05, 4.69) is 5.32 Å². The van der Waals surface area contributed by atoms with Crippen molar-refractivity contribution in [3.63, 3.8) is 0 Å². The summed E-state index contributed by atoms with van der Waals surface area (Å²) < 4.78 is 5.46. The Morgan fingerprint density at radius 2 is 1.86 bits per heavy atom.